The summed E-state index contributed by atoms with van der Waals surface area (Å²) in [6.45, 7) is 0. The standard InChI is InChI=1S/C24H19F7N6O/c25-18-10-13(23(26,27)28)1-4-17(18)22(6-7-22)21(38)35-14-2-3-15(16(11-14)20(36-32)37-33)12-5-8-34-19(9-12)24(29,30)31/h1-5,8-11H,6-7,32-33H2,(H,35,38)(H,36,37). The van der Waals surface area contributed by atoms with Gasteiger partial charge in [-0.3, -0.25) is 9.78 Å². The second-order valence-electron chi connectivity index (χ2n) is 8.54. The van der Waals surface area contributed by atoms with Crippen molar-refractivity contribution >= 4 is 17.4 Å². The molecule has 1 amide bonds. The van der Waals surface area contributed by atoms with Crippen LogP contribution in [0.2, 0.25) is 0 Å². The number of carbonyl (C=O) groups is 1. The quantitative estimate of drug-likeness (QED) is 0.123. The van der Waals surface area contributed by atoms with Crippen LogP contribution in [0, 0.1) is 5.82 Å². The number of benzene rings is 2. The first-order valence-corrected chi connectivity index (χ1v) is 10.9. The van der Waals surface area contributed by atoms with Crippen molar-refractivity contribution < 1.29 is 35.5 Å². The smallest absolute Gasteiger partial charge is 0.325 e. The molecule has 1 saturated carbocycles. The van der Waals surface area contributed by atoms with Crippen molar-refractivity contribution in [1.29, 1.82) is 0 Å². The number of nitrogens with two attached hydrogens (primary N) is 2. The minimum absolute atomic E-state index is 0.0992. The first-order chi connectivity index (χ1) is 17.8. The molecule has 1 aliphatic carbocycles. The first-order valence-electron chi connectivity index (χ1n) is 10.9. The number of amides is 1. The molecule has 1 fully saturated rings. The lowest BCUT2D eigenvalue weighted by molar-refractivity contribution is -0.141. The third-order valence-electron chi connectivity index (χ3n) is 6.16. The van der Waals surface area contributed by atoms with Crippen molar-refractivity contribution in [2.45, 2.75) is 30.6 Å². The lowest BCUT2D eigenvalue weighted by Gasteiger charge is -2.19. The summed E-state index contributed by atoms with van der Waals surface area (Å²) in [6, 6.07) is 8.24. The Hall–Kier alpha value is -4.20. The molecule has 200 valence electrons. The summed E-state index contributed by atoms with van der Waals surface area (Å²) < 4.78 is 92.9. The second-order valence-corrected chi connectivity index (χ2v) is 8.54. The Morgan fingerprint density at radius 2 is 1.68 bits per heavy atom. The average molecular weight is 540 g/mol. The Morgan fingerprint density at radius 3 is 2.24 bits per heavy atom. The molecule has 7 nitrogen and oxygen atoms in total. The van der Waals surface area contributed by atoms with E-state index >= 15 is 0 Å². The van der Waals surface area contributed by atoms with Gasteiger partial charge in [0.15, 0.2) is 5.84 Å². The molecule has 3 aromatic rings. The molecule has 1 heterocycles. The summed E-state index contributed by atoms with van der Waals surface area (Å²) in [6.07, 6.45) is -8.08. The number of carbonyl (C=O) groups excluding carboxylic acids is 1. The van der Waals surface area contributed by atoms with Gasteiger partial charge in [0.25, 0.3) is 0 Å². The number of hydrazone groups is 1. The van der Waals surface area contributed by atoms with Gasteiger partial charge in [0.1, 0.15) is 11.5 Å². The molecule has 0 bridgehead atoms. The predicted molar refractivity (Wildman–Crippen MR) is 124 cm³/mol. The maximum Gasteiger partial charge on any atom is 0.433 e. The number of hydrazine groups is 1. The molecule has 6 N–H and O–H groups in total. The minimum Gasteiger partial charge on any atom is -0.325 e. The number of hydrogen-bond donors (Lipinski definition) is 4. The van der Waals surface area contributed by atoms with Crippen LogP contribution in [-0.4, -0.2) is 16.7 Å². The number of rotatable bonds is 5. The van der Waals surface area contributed by atoms with Gasteiger partial charge in [-0.1, -0.05) is 12.1 Å². The summed E-state index contributed by atoms with van der Waals surface area (Å²) in [5, 5.41) is 6.08. The Balaban J connectivity index is 1.68. The summed E-state index contributed by atoms with van der Waals surface area (Å²) in [5.41, 5.74) is -1.07. The molecule has 4 rings (SSSR count). The third kappa shape index (κ3) is 5.11. The molecule has 0 unspecified atom stereocenters. The van der Waals surface area contributed by atoms with E-state index in [1.54, 1.807) is 0 Å². The lowest BCUT2D eigenvalue weighted by atomic mass is 9.92. The van der Waals surface area contributed by atoms with Crippen LogP contribution in [-0.2, 0) is 22.6 Å². The number of hydrogen-bond acceptors (Lipinski definition) is 5. The summed E-state index contributed by atoms with van der Waals surface area (Å²) >= 11 is 0. The van der Waals surface area contributed by atoms with Gasteiger partial charge in [-0.15, -0.1) is 0 Å². The van der Waals surface area contributed by atoms with E-state index in [-0.39, 0.29) is 46.6 Å². The lowest BCUT2D eigenvalue weighted by Crippen LogP contribution is -2.33. The van der Waals surface area contributed by atoms with Crippen LogP contribution in [0.15, 0.2) is 59.8 Å². The molecule has 38 heavy (non-hydrogen) atoms. The van der Waals surface area contributed by atoms with Crippen molar-refractivity contribution in [1.82, 2.24) is 10.4 Å². The van der Waals surface area contributed by atoms with Crippen LogP contribution in [0.1, 0.15) is 35.2 Å². The highest BCUT2D eigenvalue weighted by Crippen LogP contribution is 2.50. The molecule has 1 aliphatic rings. The predicted octanol–water partition coefficient (Wildman–Crippen LogP) is 4.68. The highest BCUT2D eigenvalue weighted by atomic mass is 19.4. The van der Waals surface area contributed by atoms with Gasteiger partial charge >= 0.3 is 12.4 Å². The highest BCUT2D eigenvalue weighted by Gasteiger charge is 2.53. The first kappa shape index (κ1) is 26.9. The van der Waals surface area contributed by atoms with Gasteiger partial charge in [-0.05, 0) is 60.4 Å². The average Bonchev–Trinajstić information content (AvgIpc) is 3.66. The van der Waals surface area contributed by atoms with Crippen LogP contribution in [0.25, 0.3) is 11.1 Å². The van der Waals surface area contributed by atoms with Gasteiger partial charge in [0.2, 0.25) is 5.91 Å². The molecule has 0 aliphatic heterocycles. The van der Waals surface area contributed by atoms with Crippen molar-refractivity contribution in [2.75, 3.05) is 5.32 Å². The normalized spacial score (nSPS) is 15.2. The number of nitrogens with one attached hydrogen (secondary N) is 2. The summed E-state index contributed by atoms with van der Waals surface area (Å²) in [4.78, 5) is 16.5. The number of alkyl halides is 6. The summed E-state index contributed by atoms with van der Waals surface area (Å²) in [7, 11) is 0. The maximum absolute atomic E-state index is 14.6. The molecule has 1 aromatic heterocycles. The van der Waals surface area contributed by atoms with Crippen molar-refractivity contribution in [3.63, 3.8) is 0 Å². The highest BCUT2D eigenvalue weighted by molar-refractivity contribution is 6.07. The van der Waals surface area contributed by atoms with Crippen LogP contribution in [0.4, 0.5) is 36.4 Å². The molecular formula is C24H19F7N6O. The van der Waals surface area contributed by atoms with E-state index in [9.17, 15) is 35.5 Å². The Labute approximate surface area is 210 Å². The van der Waals surface area contributed by atoms with E-state index in [0.29, 0.717) is 12.1 Å². The number of pyridine rings is 1. The fraction of sp³-hybridized carbons (Fsp3) is 0.208. The summed E-state index contributed by atoms with van der Waals surface area (Å²) in [5.74, 6) is 8.87. The number of halogens is 7. The van der Waals surface area contributed by atoms with Crippen molar-refractivity contribution in [2.24, 2.45) is 16.8 Å². The molecule has 14 heteroatoms. The zero-order valence-electron chi connectivity index (χ0n) is 19.2. The van der Waals surface area contributed by atoms with E-state index < -0.39 is 40.7 Å². The van der Waals surface area contributed by atoms with Gasteiger partial charge in [0.05, 0.1) is 11.0 Å². The minimum atomic E-state index is -4.74. The SMILES string of the molecule is N/N=C(\NN)c1cc(NC(=O)C2(c3ccc(C(F)(F)F)cc3F)CC2)ccc1-c1ccnc(C(F)(F)F)c1. The largest absolute Gasteiger partial charge is 0.433 e. The van der Waals surface area contributed by atoms with E-state index in [1.165, 1.54) is 24.3 Å². The van der Waals surface area contributed by atoms with E-state index in [0.717, 1.165) is 18.3 Å². The Kier molecular flexibility index (Phi) is 6.78. The maximum atomic E-state index is 14.6. The van der Waals surface area contributed by atoms with Crippen molar-refractivity contribution in [3.8, 4) is 11.1 Å². The molecule has 0 saturated heterocycles. The van der Waals surface area contributed by atoms with Gasteiger partial charge < -0.3 is 16.6 Å². The van der Waals surface area contributed by atoms with Crippen molar-refractivity contribution in [3.05, 3.63) is 82.9 Å². The van der Waals surface area contributed by atoms with Crippen LogP contribution in [0.3, 0.4) is 0 Å². The Morgan fingerprint density at radius 1 is 0.974 bits per heavy atom. The fourth-order valence-corrected chi connectivity index (χ4v) is 4.08. The van der Waals surface area contributed by atoms with E-state index in [4.69, 9.17) is 11.7 Å². The number of amidine groups is 1. The zero-order chi connectivity index (χ0) is 27.9. The molecule has 0 spiro atoms. The van der Waals surface area contributed by atoms with E-state index in [2.05, 4.69) is 20.8 Å². The topological polar surface area (TPSA) is 118 Å². The molecule has 0 atom stereocenters. The van der Waals surface area contributed by atoms with Crippen LogP contribution < -0.4 is 22.4 Å². The van der Waals surface area contributed by atoms with Crippen LogP contribution in [0.5, 0.6) is 0 Å². The zero-order valence-corrected chi connectivity index (χ0v) is 19.2. The van der Waals surface area contributed by atoms with E-state index in [1.807, 2.05) is 0 Å². The number of nitrogens with zero attached hydrogens (tertiary/aromatic N) is 2. The van der Waals surface area contributed by atoms with Gasteiger partial charge in [0, 0.05) is 23.0 Å². The Bertz CT molecular complexity index is 1410. The molecule has 2 aromatic carbocycles. The van der Waals surface area contributed by atoms with Gasteiger partial charge in [-0.25, -0.2) is 10.2 Å². The van der Waals surface area contributed by atoms with Gasteiger partial charge in [-0.2, -0.15) is 31.4 Å². The third-order valence-corrected chi connectivity index (χ3v) is 6.16. The monoisotopic (exact) mass is 540 g/mol. The number of anilines is 1. The molecule has 0 radical (unpaired) electrons. The number of aromatic nitrogens is 1. The molecular weight excluding hydrogens is 521 g/mol. The van der Waals surface area contributed by atoms with Crippen LogP contribution >= 0.6 is 0 Å². The fourth-order valence-electron chi connectivity index (χ4n) is 4.08. The second kappa shape index (κ2) is 9.59.